The monoisotopic (exact) mass is 423 g/mol. The lowest BCUT2D eigenvalue weighted by atomic mass is 10.1. The van der Waals surface area contributed by atoms with E-state index in [1.54, 1.807) is 0 Å². The summed E-state index contributed by atoms with van der Waals surface area (Å²) in [6.07, 6.45) is 21.1. The van der Waals surface area contributed by atoms with Crippen LogP contribution < -0.4 is 5.32 Å². The van der Waals surface area contributed by atoms with Crippen molar-refractivity contribution in [2.75, 3.05) is 41.4 Å². The molecule has 0 fully saturated rings. The SMILES string of the molecule is CN(C)CCC(=O)CCCCCCC/C=C/CCCCCCCC(=O)NCN(C)C. The maximum atomic E-state index is 11.7. The van der Waals surface area contributed by atoms with Gasteiger partial charge in [-0.1, -0.05) is 50.7 Å². The Morgan fingerprint density at radius 2 is 1.13 bits per heavy atom. The van der Waals surface area contributed by atoms with Crippen LogP contribution in [0.2, 0.25) is 0 Å². The van der Waals surface area contributed by atoms with E-state index in [0.717, 1.165) is 32.2 Å². The Hall–Kier alpha value is -1.20. The van der Waals surface area contributed by atoms with Gasteiger partial charge >= 0.3 is 0 Å². The fourth-order valence-corrected chi connectivity index (χ4v) is 3.24. The number of nitrogens with zero attached hydrogens (tertiary/aromatic N) is 2. The Labute approximate surface area is 186 Å². The van der Waals surface area contributed by atoms with Crippen molar-refractivity contribution in [2.24, 2.45) is 0 Å². The van der Waals surface area contributed by atoms with Crippen molar-refractivity contribution >= 4 is 11.7 Å². The number of hydrogen-bond acceptors (Lipinski definition) is 4. The fourth-order valence-electron chi connectivity index (χ4n) is 3.24. The first-order valence-corrected chi connectivity index (χ1v) is 12.1. The van der Waals surface area contributed by atoms with Crippen LogP contribution in [0.3, 0.4) is 0 Å². The van der Waals surface area contributed by atoms with Gasteiger partial charge in [-0.25, -0.2) is 0 Å². The quantitative estimate of drug-likeness (QED) is 0.157. The molecule has 0 rings (SSSR count). The minimum Gasteiger partial charge on any atom is -0.343 e. The molecule has 0 aliphatic carbocycles. The first-order chi connectivity index (χ1) is 14.4. The third-order valence-corrected chi connectivity index (χ3v) is 5.20. The summed E-state index contributed by atoms with van der Waals surface area (Å²) >= 11 is 0. The molecule has 0 saturated carbocycles. The van der Waals surface area contributed by atoms with E-state index in [2.05, 4.69) is 22.4 Å². The van der Waals surface area contributed by atoms with E-state index in [4.69, 9.17) is 0 Å². The van der Waals surface area contributed by atoms with E-state index in [-0.39, 0.29) is 5.91 Å². The molecule has 5 heteroatoms. The van der Waals surface area contributed by atoms with Gasteiger partial charge in [0.1, 0.15) is 5.78 Å². The lowest BCUT2D eigenvalue weighted by molar-refractivity contribution is -0.122. The van der Waals surface area contributed by atoms with Crippen LogP contribution in [0, 0.1) is 0 Å². The zero-order valence-corrected chi connectivity index (χ0v) is 20.4. The van der Waals surface area contributed by atoms with Gasteiger partial charge in [0, 0.05) is 25.8 Å². The summed E-state index contributed by atoms with van der Waals surface area (Å²) in [6, 6.07) is 0. The number of amides is 1. The topological polar surface area (TPSA) is 52.7 Å². The molecule has 0 unspecified atom stereocenters. The summed E-state index contributed by atoms with van der Waals surface area (Å²) in [5, 5.41) is 2.91. The van der Waals surface area contributed by atoms with Gasteiger partial charge in [-0.2, -0.15) is 0 Å². The lowest BCUT2D eigenvalue weighted by Crippen LogP contribution is -2.32. The van der Waals surface area contributed by atoms with E-state index < -0.39 is 0 Å². The van der Waals surface area contributed by atoms with Crippen LogP contribution >= 0.6 is 0 Å². The number of nitrogens with one attached hydrogen (secondary N) is 1. The van der Waals surface area contributed by atoms with Gasteiger partial charge in [-0.15, -0.1) is 0 Å². The molecule has 0 aliphatic rings. The van der Waals surface area contributed by atoms with E-state index in [0.29, 0.717) is 25.3 Å². The highest BCUT2D eigenvalue weighted by molar-refractivity contribution is 5.78. The van der Waals surface area contributed by atoms with Crippen molar-refractivity contribution in [3.63, 3.8) is 0 Å². The van der Waals surface area contributed by atoms with Crippen molar-refractivity contribution in [3.8, 4) is 0 Å². The van der Waals surface area contributed by atoms with E-state index in [9.17, 15) is 9.59 Å². The van der Waals surface area contributed by atoms with Gasteiger partial charge in [0.05, 0.1) is 6.67 Å². The second-order valence-corrected chi connectivity index (χ2v) is 9.01. The Balaban J connectivity index is 3.27. The predicted molar refractivity (Wildman–Crippen MR) is 129 cm³/mol. The molecular formula is C25H49N3O2. The molecule has 5 nitrogen and oxygen atoms in total. The van der Waals surface area contributed by atoms with Gasteiger partial charge < -0.3 is 10.2 Å². The lowest BCUT2D eigenvalue weighted by Gasteiger charge is -2.10. The van der Waals surface area contributed by atoms with Crippen LogP contribution in [0.25, 0.3) is 0 Å². The fraction of sp³-hybridized carbons (Fsp3) is 0.840. The highest BCUT2D eigenvalue weighted by atomic mass is 16.1. The number of allylic oxidation sites excluding steroid dienone is 2. The van der Waals surface area contributed by atoms with Crippen molar-refractivity contribution < 1.29 is 9.59 Å². The van der Waals surface area contributed by atoms with Crippen LogP contribution in [0.4, 0.5) is 0 Å². The van der Waals surface area contributed by atoms with Crippen molar-refractivity contribution in [2.45, 2.75) is 96.3 Å². The molecule has 0 saturated heterocycles. The molecule has 0 bridgehead atoms. The number of hydrogen-bond donors (Lipinski definition) is 1. The standard InChI is InChI=1S/C25H49N3O2/c1-27(2)22-21-24(29)19-17-15-13-11-9-7-5-6-8-10-12-14-16-18-20-25(30)26-23-28(3)4/h5-6H,7-23H2,1-4H3,(H,26,30)/b6-5+. The zero-order chi connectivity index (χ0) is 22.5. The van der Waals surface area contributed by atoms with Gasteiger partial charge in [0.25, 0.3) is 0 Å². The van der Waals surface area contributed by atoms with Crippen LogP contribution in [0.15, 0.2) is 12.2 Å². The normalized spacial score (nSPS) is 11.7. The average molecular weight is 424 g/mol. The number of carbonyl (C=O) groups excluding carboxylic acids is 2. The molecule has 30 heavy (non-hydrogen) atoms. The molecule has 0 aromatic rings. The Bertz CT molecular complexity index is 408. The largest absolute Gasteiger partial charge is 0.343 e. The Morgan fingerprint density at radius 3 is 1.67 bits per heavy atom. The third kappa shape index (κ3) is 23.1. The highest BCUT2D eigenvalue weighted by Gasteiger charge is 2.02. The number of unbranched alkanes of at least 4 members (excludes halogenated alkanes) is 10. The average Bonchev–Trinajstić information content (AvgIpc) is 2.70. The minimum atomic E-state index is 0.167. The van der Waals surface area contributed by atoms with Crippen molar-refractivity contribution in [3.05, 3.63) is 12.2 Å². The maximum absolute atomic E-state index is 11.7. The zero-order valence-electron chi connectivity index (χ0n) is 20.4. The molecule has 0 spiro atoms. The molecule has 0 heterocycles. The molecule has 0 aromatic carbocycles. The van der Waals surface area contributed by atoms with Gasteiger partial charge in [0.15, 0.2) is 0 Å². The summed E-state index contributed by atoms with van der Waals surface area (Å²) in [5.41, 5.74) is 0. The van der Waals surface area contributed by atoms with Crippen molar-refractivity contribution in [1.82, 2.24) is 15.1 Å². The number of carbonyl (C=O) groups is 2. The predicted octanol–water partition coefficient (Wildman–Crippen LogP) is 5.16. The minimum absolute atomic E-state index is 0.167. The van der Waals surface area contributed by atoms with Crippen LogP contribution in [-0.2, 0) is 9.59 Å². The first kappa shape index (κ1) is 28.8. The molecule has 0 atom stereocenters. The molecule has 1 amide bonds. The molecule has 176 valence electrons. The number of ketones is 1. The van der Waals surface area contributed by atoms with Gasteiger partial charge in [-0.05, 0) is 66.7 Å². The first-order valence-electron chi connectivity index (χ1n) is 12.1. The van der Waals surface area contributed by atoms with Crippen LogP contribution in [-0.4, -0.2) is 62.9 Å². The second kappa shape index (κ2) is 21.0. The van der Waals surface area contributed by atoms with Crippen LogP contribution in [0.5, 0.6) is 0 Å². The van der Waals surface area contributed by atoms with E-state index >= 15 is 0 Å². The molecule has 1 N–H and O–H groups in total. The van der Waals surface area contributed by atoms with Gasteiger partial charge in [-0.3, -0.25) is 14.5 Å². The summed E-state index contributed by atoms with van der Waals surface area (Å²) in [4.78, 5) is 27.3. The smallest absolute Gasteiger partial charge is 0.220 e. The van der Waals surface area contributed by atoms with Gasteiger partial charge in [0.2, 0.25) is 5.91 Å². The van der Waals surface area contributed by atoms with E-state index in [1.165, 1.54) is 57.8 Å². The van der Waals surface area contributed by atoms with E-state index in [1.807, 2.05) is 33.1 Å². The third-order valence-electron chi connectivity index (χ3n) is 5.20. The van der Waals surface area contributed by atoms with Crippen molar-refractivity contribution in [1.29, 1.82) is 0 Å². The summed E-state index contributed by atoms with van der Waals surface area (Å²) in [5.74, 6) is 0.581. The Kier molecular flexibility index (Phi) is 20.2. The molecular weight excluding hydrogens is 374 g/mol. The Morgan fingerprint density at radius 1 is 0.633 bits per heavy atom. The maximum Gasteiger partial charge on any atom is 0.220 e. The summed E-state index contributed by atoms with van der Waals surface area (Å²) in [7, 11) is 7.94. The van der Waals surface area contributed by atoms with Crippen LogP contribution in [0.1, 0.15) is 96.3 Å². The summed E-state index contributed by atoms with van der Waals surface area (Å²) < 4.78 is 0. The second-order valence-electron chi connectivity index (χ2n) is 9.01. The summed E-state index contributed by atoms with van der Waals surface area (Å²) in [6.45, 7) is 1.50. The molecule has 0 radical (unpaired) electrons. The number of Topliss-reactive ketones (excluding diaryl/α,β-unsaturated/α-hetero) is 1. The molecule has 0 aliphatic heterocycles. The molecule has 0 aromatic heterocycles. The number of rotatable bonds is 21. The highest BCUT2D eigenvalue weighted by Crippen LogP contribution is 2.10.